The molecule has 6 aromatic carbocycles. The second-order valence-electron chi connectivity index (χ2n) is 27.9. The molecule has 0 aromatic heterocycles. The van der Waals surface area contributed by atoms with Gasteiger partial charge in [0.2, 0.25) is 0 Å². The molecule has 364 valence electrons. The van der Waals surface area contributed by atoms with Gasteiger partial charge in [0.15, 0.2) is 0 Å². The highest BCUT2D eigenvalue weighted by Gasteiger charge is 2.60. The SMILES string of the molecule is Cc1cc2c3c(c1)N(c1ccc(C(C)(C)C)cc1C)c1ccc(C(C)(C)C)cc1B3c1ccc(N3c4ccc(C(C)(C)C)cc4C4(C)CC(C(C)(C)C)CCC34C)cc1N2c1ccc(C(C)(C)C)cc1. The van der Waals surface area contributed by atoms with E-state index in [1.54, 1.807) is 0 Å². The van der Waals surface area contributed by atoms with Gasteiger partial charge in [0, 0.05) is 50.9 Å². The molecule has 3 atom stereocenters. The molecular formula is C66H82BN3. The summed E-state index contributed by atoms with van der Waals surface area (Å²) in [5.41, 5.74) is 24.1. The van der Waals surface area contributed by atoms with Gasteiger partial charge in [0.25, 0.3) is 6.71 Å². The topological polar surface area (TPSA) is 9.72 Å². The van der Waals surface area contributed by atoms with E-state index in [1.165, 1.54) is 114 Å². The molecule has 0 saturated heterocycles. The van der Waals surface area contributed by atoms with Crippen molar-refractivity contribution in [3.05, 3.63) is 148 Å². The highest BCUT2D eigenvalue weighted by Crippen LogP contribution is 2.64. The lowest BCUT2D eigenvalue weighted by atomic mass is 9.33. The molecular weight excluding hydrogens is 846 g/mol. The number of fused-ring (bicyclic) bond motifs is 7. The molecule has 0 radical (unpaired) electrons. The molecule has 0 spiro atoms. The van der Waals surface area contributed by atoms with Crippen molar-refractivity contribution in [3.63, 3.8) is 0 Å². The van der Waals surface area contributed by atoms with Crippen LogP contribution in [-0.2, 0) is 27.1 Å². The van der Waals surface area contributed by atoms with E-state index in [0.717, 1.165) is 6.42 Å². The summed E-state index contributed by atoms with van der Waals surface area (Å²) in [5, 5.41) is 0. The molecule has 0 bridgehead atoms. The van der Waals surface area contributed by atoms with Crippen LogP contribution in [0.2, 0.25) is 0 Å². The minimum atomic E-state index is -0.114. The van der Waals surface area contributed by atoms with E-state index in [0.29, 0.717) is 5.92 Å². The van der Waals surface area contributed by atoms with Crippen molar-refractivity contribution in [1.29, 1.82) is 0 Å². The molecule has 1 aliphatic carbocycles. The molecule has 3 heterocycles. The smallest absolute Gasteiger partial charge is 0.252 e. The average Bonchev–Trinajstić information content (AvgIpc) is 3.46. The maximum Gasteiger partial charge on any atom is 0.252 e. The summed E-state index contributed by atoms with van der Waals surface area (Å²) in [6.45, 7) is 45.4. The molecule has 6 aromatic rings. The van der Waals surface area contributed by atoms with Crippen LogP contribution in [0.5, 0.6) is 0 Å². The first-order valence-corrected chi connectivity index (χ1v) is 26.6. The molecule has 10 rings (SSSR count). The Kier molecular flexibility index (Phi) is 10.8. The Balaban J connectivity index is 1.25. The Morgan fingerprint density at radius 3 is 1.56 bits per heavy atom. The van der Waals surface area contributed by atoms with E-state index in [9.17, 15) is 0 Å². The molecule has 1 saturated carbocycles. The lowest BCUT2D eigenvalue weighted by Crippen LogP contribution is -2.61. The molecule has 4 heteroatoms. The number of anilines is 8. The standard InChI is InChI=1S/C66H82BN3/c1-41-34-57-59-58(35-41)69(53-29-22-44(36-42(53)2)61(6,7)8)55-31-24-46(63(12,13)14)38-52(55)67(59)51-28-27-49(39-56(51)68(57)48-25-20-43(21-26-48)60(3,4)5)70-54-30-23-45(62(9,10)11)37-50(54)65(18)40-47(64(15,16)17)32-33-66(65,70)19/h20-31,34-39,47H,32-33,40H2,1-19H3. The number of aryl methyl sites for hydroxylation is 2. The van der Waals surface area contributed by atoms with Crippen LogP contribution in [0.3, 0.4) is 0 Å². The largest absolute Gasteiger partial charge is 0.334 e. The Morgan fingerprint density at radius 1 is 0.471 bits per heavy atom. The van der Waals surface area contributed by atoms with Crippen LogP contribution in [0, 0.1) is 25.2 Å². The lowest BCUT2D eigenvalue weighted by Gasteiger charge is -2.54. The molecule has 0 amide bonds. The summed E-state index contributed by atoms with van der Waals surface area (Å²) >= 11 is 0. The maximum absolute atomic E-state index is 2.81. The molecule has 3 nitrogen and oxygen atoms in total. The predicted molar refractivity (Wildman–Crippen MR) is 306 cm³/mol. The first-order chi connectivity index (χ1) is 32.4. The third-order valence-corrected chi connectivity index (χ3v) is 17.9. The van der Waals surface area contributed by atoms with E-state index < -0.39 is 0 Å². The van der Waals surface area contributed by atoms with E-state index in [-0.39, 0.29) is 44.7 Å². The van der Waals surface area contributed by atoms with Gasteiger partial charge in [-0.1, -0.05) is 165 Å². The highest BCUT2D eigenvalue weighted by molar-refractivity contribution is 7.00. The van der Waals surface area contributed by atoms with Crippen LogP contribution in [0.15, 0.2) is 109 Å². The summed E-state index contributed by atoms with van der Waals surface area (Å²) in [4.78, 5) is 8.05. The Morgan fingerprint density at radius 2 is 0.986 bits per heavy atom. The number of hydrogen-bond acceptors (Lipinski definition) is 3. The van der Waals surface area contributed by atoms with Crippen molar-refractivity contribution in [3.8, 4) is 0 Å². The lowest BCUT2D eigenvalue weighted by molar-refractivity contribution is 0.0786. The van der Waals surface area contributed by atoms with Crippen LogP contribution in [0.4, 0.5) is 45.5 Å². The van der Waals surface area contributed by atoms with Gasteiger partial charge < -0.3 is 14.7 Å². The number of nitrogens with zero attached hydrogens (tertiary/aromatic N) is 3. The van der Waals surface area contributed by atoms with Gasteiger partial charge in [-0.15, -0.1) is 0 Å². The summed E-state index contributed by atoms with van der Waals surface area (Å²) in [5.74, 6) is 0.643. The van der Waals surface area contributed by atoms with Crippen molar-refractivity contribution < 1.29 is 0 Å². The van der Waals surface area contributed by atoms with E-state index in [1.807, 2.05) is 0 Å². The van der Waals surface area contributed by atoms with Gasteiger partial charge in [-0.25, -0.2) is 0 Å². The van der Waals surface area contributed by atoms with E-state index in [2.05, 4.69) is 255 Å². The Hall–Kier alpha value is -5.22. The summed E-state index contributed by atoms with van der Waals surface area (Å²) in [6, 6.07) is 44.2. The van der Waals surface area contributed by atoms with Crippen molar-refractivity contribution in [2.45, 2.75) is 183 Å². The Bertz CT molecular complexity index is 3070. The van der Waals surface area contributed by atoms with E-state index >= 15 is 0 Å². The maximum atomic E-state index is 2.81. The highest BCUT2D eigenvalue weighted by atomic mass is 15.3. The van der Waals surface area contributed by atoms with Crippen LogP contribution < -0.4 is 31.1 Å². The van der Waals surface area contributed by atoms with Crippen LogP contribution in [0.25, 0.3) is 0 Å². The summed E-state index contributed by atoms with van der Waals surface area (Å²) in [7, 11) is 0. The van der Waals surface area contributed by atoms with Gasteiger partial charge in [-0.05, 0) is 183 Å². The summed E-state index contributed by atoms with van der Waals surface area (Å²) < 4.78 is 0. The second-order valence-corrected chi connectivity index (χ2v) is 27.9. The fourth-order valence-electron chi connectivity index (χ4n) is 13.1. The molecule has 3 unspecified atom stereocenters. The Labute approximate surface area is 424 Å². The summed E-state index contributed by atoms with van der Waals surface area (Å²) in [6.07, 6.45) is 3.55. The second kappa shape index (κ2) is 15.6. The van der Waals surface area contributed by atoms with Crippen LogP contribution in [-0.4, -0.2) is 12.3 Å². The molecule has 0 N–H and O–H groups in total. The minimum absolute atomic E-state index is 0.0210. The minimum Gasteiger partial charge on any atom is -0.334 e. The van der Waals surface area contributed by atoms with Gasteiger partial charge in [-0.3, -0.25) is 0 Å². The van der Waals surface area contributed by atoms with Gasteiger partial charge in [-0.2, -0.15) is 0 Å². The van der Waals surface area contributed by atoms with Crippen LogP contribution >= 0.6 is 0 Å². The van der Waals surface area contributed by atoms with Gasteiger partial charge in [0.1, 0.15) is 0 Å². The van der Waals surface area contributed by atoms with Crippen molar-refractivity contribution in [2.24, 2.45) is 11.3 Å². The predicted octanol–water partition coefficient (Wildman–Crippen LogP) is 16.6. The third-order valence-electron chi connectivity index (χ3n) is 17.9. The number of hydrogen-bond donors (Lipinski definition) is 0. The number of benzene rings is 6. The fraction of sp³-hybridized carbons (Fsp3) is 0.455. The fourth-order valence-corrected chi connectivity index (χ4v) is 13.1. The molecule has 4 aliphatic rings. The molecule has 1 fully saturated rings. The van der Waals surface area contributed by atoms with Crippen molar-refractivity contribution in [2.75, 3.05) is 14.7 Å². The van der Waals surface area contributed by atoms with Crippen molar-refractivity contribution >= 4 is 68.6 Å². The van der Waals surface area contributed by atoms with E-state index in [4.69, 9.17) is 0 Å². The zero-order valence-corrected chi connectivity index (χ0v) is 46.5. The first kappa shape index (κ1) is 48.4. The number of rotatable bonds is 3. The van der Waals surface area contributed by atoms with Gasteiger partial charge >= 0.3 is 0 Å². The normalized spacial score (nSPS) is 21.0. The third kappa shape index (κ3) is 7.50. The monoisotopic (exact) mass is 928 g/mol. The van der Waals surface area contributed by atoms with Crippen molar-refractivity contribution in [1.82, 2.24) is 0 Å². The molecule has 3 aliphatic heterocycles. The first-order valence-electron chi connectivity index (χ1n) is 26.6. The molecule has 70 heavy (non-hydrogen) atoms. The quantitative estimate of drug-likeness (QED) is 0.164. The zero-order chi connectivity index (χ0) is 50.6. The average molecular weight is 928 g/mol. The zero-order valence-electron chi connectivity index (χ0n) is 46.5. The van der Waals surface area contributed by atoms with Gasteiger partial charge in [0.05, 0.1) is 5.54 Å². The van der Waals surface area contributed by atoms with Crippen LogP contribution in [0.1, 0.15) is 176 Å².